The van der Waals surface area contributed by atoms with Crippen LogP contribution in [-0.2, 0) is 0 Å². The molecule has 2 aromatic rings. The highest BCUT2D eigenvalue weighted by molar-refractivity contribution is 5.55. The summed E-state index contributed by atoms with van der Waals surface area (Å²) in [7, 11) is 1.65. The zero-order chi connectivity index (χ0) is 13.2. The van der Waals surface area contributed by atoms with Crippen LogP contribution in [0.2, 0.25) is 0 Å². The molecule has 0 spiro atoms. The van der Waals surface area contributed by atoms with Gasteiger partial charge in [0.05, 0.1) is 13.0 Å². The summed E-state index contributed by atoms with van der Waals surface area (Å²) < 4.78 is 10.5. The lowest BCUT2D eigenvalue weighted by atomic mass is 9.98. The second-order valence-electron chi connectivity index (χ2n) is 4.93. The van der Waals surface area contributed by atoms with Crippen LogP contribution in [0.15, 0.2) is 28.8 Å². The maximum Gasteiger partial charge on any atom is 0.231 e. The Morgan fingerprint density at radius 2 is 2.05 bits per heavy atom. The molecule has 100 valence electrons. The van der Waals surface area contributed by atoms with Gasteiger partial charge in [-0.3, -0.25) is 0 Å². The Hall–Kier alpha value is -1.88. The standard InChI is InChI=1S/C14H17N3O2/c1-9-7-15-8-12(9)14-16-13(17-19-14)10-3-5-11(18-2)6-4-10/h3-6,9,12,15H,7-8H2,1-2H3/t9-,12-/m1/s1. The van der Waals surface area contributed by atoms with Gasteiger partial charge in [0.25, 0.3) is 0 Å². The van der Waals surface area contributed by atoms with Crippen molar-refractivity contribution in [2.45, 2.75) is 12.8 Å². The number of ether oxygens (including phenoxy) is 1. The molecule has 0 unspecified atom stereocenters. The highest BCUT2D eigenvalue weighted by Crippen LogP contribution is 2.28. The molecule has 0 saturated carbocycles. The third-order valence-electron chi connectivity index (χ3n) is 3.62. The Bertz CT molecular complexity index is 550. The van der Waals surface area contributed by atoms with Crippen molar-refractivity contribution in [1.29, 1.82) is 0 Å². The predicted molar refractivity (Wildman–Crippen MR) is 71.1 cm³/mol. The molecule has 2 heterocycles. The Morgan fingerprint density at radius 3 is 2.68 bits per heavy atom. The Balaban J connectivity index is 1.83. The van der Waals surface area contributed by atoms with Crippen molar-refractivity contribution in [3.05, 3.63) is 30.2 Å². The molecule has 0 bridgehead atoms. The van der Waals surface area contributed by atoms with E-state index in [2.05, 4.69) is 22.4 Å². The minimum absolute atomic E-state index is 0.319. The van der Waals surface area contributed by atoms with E-state index in [1.807, 2.05) is 24.3 Å². The summed E-state index contributed by atoms with van der Waals surface area (Å²) in [5.74, 6) is 3.03. The number of aromatic nitrogens is 2. The smallest absolute Gasteiger partial charge is 0.231 e. The molecule has 5 nitrogen and oxygen atoms in total. The fraction of sp³-hybridized carbons (Fsp3) is 0.429. The van der Waals surface area contributed by atoms with Crippen LogP contribution in [0.3, 0.4) is 0 Å². The first-order chi connectivity index (χ1) is 9.28. The Morgan fingerprint density at radius 1 is 1.26 bits per heavy atom. The van der Waals surface area contributed by atoms with E-state index in [4.69, 9.17) is 9.26 Å². The quantitative estimate of drug-likeness (QED) is 0.914. The van der Waals surface area contributed by atoms with Crippen molar-refractivity contribution in [2.24, 2.45) is 5.92 Å². The molecule has 0 aliphatic carbocycles. The van der Waals surface area contributed by atoms with E-state index < -0.39 is 0 Å². The first-order valence-corrected chi connectivity index (χ1v) is 6.46. The first kappa shape index (κ1) is 12.2. The van der Waals surface area contributed by atoms with Crippen LogP contribution in [0.25, 0.3) is 11.4 Å². The number of methoxy groups -OCH3 is 1. The van der Waals surface area contributed by atoms with Gasteiger partial charge in [0.1, 0.15) is 5.75 Å². The molecule has 1 fully saturated rings. The van der Waals surface area contributed by atoms with Gasteiger partial charge in [0.15, 0.2) is 0 Å². The summed E-state index contributed by atoms with van der Waals surface area (Å²) in [6.07, 6.45) is 0. The van der Waals surface area contributed by atoms with Crippen molar-refractivity contribution in [3.63, 3.8) is 0 Å². The number of benzene rings is 1. The van der Waals surface area contributed by atoms with E-state index in [1.165, 1.54) is 0 Å². The highest BCUT2D eigenvalue weighted by Gasteiger charge is 2.29. The molecule has 19 heavy (non-hydrogen) atoms. The molecule has 1 saturated heterocycles. The van der Waals surface area contributed by atoms with Crippen LogP contribution >= 0.6 is 0 Å². The van der Waals surface area contributed by atoms with Crippen LogP contribution < -0.4 is 10.1 Å². The molecule has 1 N–H and O–H groups in total. The second kappa shape index (κ2) is 5.01. The monoisotopic (exact) mass is 259 g/mol. The number of hydrogen-bond donors (Lipinski definition) is 1. The van der Waals surface area contributed by atoms with E-state index in [0.717, 1.165) is 30.3 Å². The molecule has 3 rings (SSSR count). The Labute approximate surface area is 112 Å². The molecular weight excluding hydrogens is 242 g/mol. The van der Waals surface area contributed by atoms with E-state index in [0.29, 0.717) is 17.7 Å². The summed E-state index contributed by atoms with van der Waals surface area (Å²) in [4.78, 5) is 4.51. The van der Waals surface area contributed by atoms with Gasteiger partial charge in [-0.25, -0.2) is 0 Å². The Kier molecular flexibility index (Phi) is 3.21. The molecular formula is C14H17N3O2. The number of nitrogens with zero attached hydrogens (tertiary/aromatic N) is 2. The summed E-state index contributed by atoms with van der Waals surface area (Å²) >= 11 is 0. The first-order valence-electron chi connectivity index (χ1n) is 6.46. The maximum atomic E-state index is 5.40. The van der Waals surface area contributed by atoms with Gasteiger partial charge < -0.3 is 14.6 Å². The van der Waals surface area contributed by atoms with Gasteiger partial charge in [-0.15, -0.1) is 0 Å². The lowest BCUT2D eigenvalue weighted by Crippen LogP contribution is -2.08. The average Bonchev–Trinajstić information content (AvgIpc) is 3.07. The van der Waals surface area contributed by atoms with Crippen molar-refractivity contribution < 1.29 is 9.26 Å². The topological polar surface area (TPSA) is 60.2 Å². The molecule has 1 aliphatic heterocycles. The zero-order valence-corrected chi connectivity index (χ0v) is 11.1. The van der Waals surface area contributed by atoms with E-state index >= 15 is 0 Å². The molecule has 2 atom stereocenters. The van der Waals surface area contributed by atoms with Crippen LogP contribution in [0.5, 0.6) is 5.75 Å². The number of hydrogen-bond acceptors (Lipinski definition) is 5. The minimum Gasteiger partial charge on any atom is -0.497 e. The SMILES string of the molecule is COc1ccc(-c2noc([C@@H]3CNC[C@H]3C)n2)cc1. The maximum absolute atomic E-state index is 5.40. The van der Waals surface area contributed by atoms with E-state index in [-0.39, 0.29) is 0 Å². The van der Waals surface area contributed by atoms with Crippen molar-refractivity contribution in [3.8, 4) is 17.1 Å². The van der Waals surface area contributed by atoms with Crippen LogP contribution in [0.4, 0.5) is 0 Å². The fourth-order valence-corrected chi connectivity index (χ4v) is 2.38. The number of nitrogens with one attached hydrogen (secondary N) is 1. The summed E-state index contributed by atoms with van der Waals surface area (Å²) in [5.41, 5.74) is 0.939. The second-order valence-corrected chi connectivity index (χ2v) is 4.93. The lowest BCUT2D eigenvalue weighted by Gasteiger charge is -2.07. The van der Waals surface area contributed by atoms with Gasteiger partial charge >= 0.3 is 0 Å². The van der Waals surface area contributed by atoms with Gasteiger partial charge in [-0.2, -0.15) is 4.98 Å². The van der Waals surface area contributed by atoms with Crippen LogP contribution in [0.1, 0.15) is 18.7 Å². The summed E-state index contributed by atoms with van der Waals surface area (Å²) in [6, 6.07) is 7.66. The lowest BCUT2D eigenvalue weighted by molar-refractivity contribution is 0.340. The van der Waals surface area contributed by atoms with E-state index in [1.54, 1.807) is 7.11 Å². The fourth-order valence-electron chi connectivity index (χ4n) is 2.38. The summed E-state index contributed by atoms with van der Waals surface area (Å²) in [6.45, 7) is 4.11. The normalized spacial score (nSPS) is 22.6. The van der Waals surface area contributed by atoms with Crippen molar-refractivity contribution in [1.82, 2.24) is 15.5 Å². The molecule has 0 amide bonds. The molecule has 1 aromatic carbocycles. The third-order valence-corrected chi connectivity index (χ3v) is 3.62. The average molecular weight is 259 g/mol. The van der Waals surface area contributed by atoms with Crippen LogP contribution in [0, 0.1) is 5.92 Å². The summed E-state index contributed by atoms with van der Waals surface area (Å²) in [5, 5.41) is 7.41. The van der Waals surface area contributed by atoms with Crippen LogP contribution in [-0.4, -0.2) is 30.3 Å². The molecule has 0 radical (unpaired) electrons. The van der Waals surface area contributed by atoms with Gasteiger partial charge in [0, 0.05) is 12.1 Å². The predicted octanol–water partition coefficient (Wildman–Crippen LogP) is 2.07. The van der Waals surface area contributed by atoms with Crippen molar-refractivity contribution >= 4 is 0 Å². The van der Waals surface area contributed by atoms with Gasteiger partial charge in [0.2, 0.25) is 11.7 Å². The molecule has 5 heteroatoms. The highest BCUT2D eigenvalue weighted by atomic mass is 16.5. The van der Waals surface area contributed by atoms with Gasteiger partial charge in [-0.1, -0.05) is 12.1 Å². The third kappa shape index (κ3) is 2.33. The molecule has 1 aromatic heterocycles. The minimum atomic E-state index is 0.319. The van der Waals surface area contributed by atoms with E-state index in [9.17, 15) is 0 Å². The zero-order valence-electron chi connectivity index (χ0n) is 11.1. The number of rotatable bonds is 3. The van der Waals surface area contributed by atoms with Gasteiger partial charge in [-0.05, 0) is 36.7 Å². The van der Waals surface area contributed by atoms with Crippen molar-refractivity contribution in [2.75, 3.05) is 20.2 Å². The molecule has 1 aliphatic rings. The largest absolute Gasteiger partial charge is 0.497 e.